The molecule has 2 heterocycles. The van der Waals surface area contributed by atoms with Gasteiger partial charge in [-0.15, -0.1) is 11.3 Å². The number of carbonyl (C=O) groups excluding carboxylic acids is 2. The summed E-state index contributed by atoms with van der Waals surface area (Å²) >= 11 is 1.57. The lowest BCUT2D eigenvalue weighted by atomic mass is 9.97. The summed E-state index contributed by atoms with van der Waals surface area (Å²) < 4.78 is 0.999. The fourth-order valence-corrected chi connectivity index (χ4v) is 3.35. The van der Waals surface area contributed by atoms with Gasteiger partial charge in [0.05, 0.1) is 33.1 Å². The topological polar surface area (TPSA) is 88.3 Å². The number of aryl methyl sites for hydroxylation is 1. The van der Waals surface area contributed by atoms with E-state index in [2.05, 4.69) is 10.3 Å². The number of nitrogens with zero attached hydrogens (tertiary/aromatic N) is 2. The Kier molecular flexibility index (Phi) is 2.91. The highest BCUT2D eigenvalue weighted by molar-refractivity contribution is 7.18. The number of nitrogens with one attached hydrogen (secondary N) is 1. The molecule has 0 unspecified atom stereocenters. The van der Waals surface area contributed by atoms with Crippen molar-refractivity contribution < 1.29 is 9.59 Å². The number of piperazine rings is 1. The molecule has 110 valence electrons. The molecule has 6 nitrogen and oxygen atoms in total. The number of carbonyl (C=O) groups is 2. The van der Waals surface area contributed by atoms with Crippen LogP contribution in [0.25, 0.3) is 10.2 Å². The molecule has 3 rings (SSSR count). The largest absolute Gasteiger partial charge is 0.397 e. The molecule has 21 heavy (non-hydrogen) atoms. The summed E-state index contributed by atoms with van der Waals surface area (Å²) in [6.07, 6.45) is 0. The highest BCUT2D eigenvalue weighted by Gasteiger charge is 2.41. The van der Waals surface area contributed by atoms with Crippen LogP contribution in [0.4, 0.5) is 11.4 Å². The third-order valence-corrected chi connectivity index (χ3v) is 4.65. The number of anilines is 2. The first-order valence-corrected chi connectivity index (χ1v) is 7.39. The van der Waals surface area contributed by atoms with E-state index in [1.54, 1.807) is 30.1 Å². The number of hydrogen-bond donors (Lipinski definition) is 2. The zero-order valence-corrected chi connectivity index (χ0v) is 12.9. The Morgan fingerprint density at radius 1 is 1.38 bits per heavy atom. The second-order valence-electron chi connectivity index (χ2n) is 5.63. The Labute approximate surface area is 125 Å². The van der Waals surface area contributed by atoms with E-state index in [-0.39, 0.29) is 18.4 Å². The second kappa shape index (κ2) is 4.42. The standard InChI is InChI=1S/C14H16N4O2S/c1-7-16-9-5-10(8(15)4-11(9)21-7)18-6-12(19)17-13(20)14(18,2)3/h4-5H,6,15H2,1-3H3,(H,17,19,20). The van der Waals surface area contributed by atoms with Gasteiger partial charge in [-0.05, 0) is 32.9 Å². The Morgan fingerprint density at radius 3 is 2.81 bits per heavy atom. The SMILES string of the molecule is Cc1nc2cc(N3CC(=O)NC(=O)C3(C)C)c(N)cc2s1. The Bertz CT molecular complexity index is 766. The lowest BCUT2D eigenvalue weighted by molar-refractivity contribution is -0.135. The van der Waals surface area contributed by atoms with Crippen LogP contribution in [0.5, 0.6) is 0 Å². The molecule has 0 spiro atoms. The molecular formula is C14H16N4O2S. The number of thiazole rings is 1. The van der Waals surface area contributed by atoms with Gasteiger partial charge in [-0.1, -0.05) is 0 Å². The van der Waals surface area contributed by atoms with Crippen LogP contribution < -0.4 is 16.0 Å². The molecule has 1 aliphatic rings. The van der Waals surface area contributed by atoms with E-state index in [4.69, 9.17) is 5.73 Å². The van der Waals surface area contributed by atoms with E-state index in [9.17, 15) is 9.59 Å². The van der Waals surface area contributed by atoms with Crippen LogP contribution in [0.15, 0.2) is 12.1 Å². The van der Waals surface area contributed by atoms with Gasteiger partial charge in [0, 0.05) is 0 Å². The lowest BCUT2D eigenvalue weighted by Crippen LogP contribution is -2.64. The highest BCUT2D eigenvalue weighted by Crippen LogP contribution is 2.36. The molecule has 7 heteroatoms. The number of fused-ring (bicyclic) bond motifs is 1. The zero-order valence-electron chi connectivity index (χ0n) is 12.1. The summed E-state index contributed by atoms with van der Waals surface area (Å²) in [6.45, 7) is 5.56. The molecule has 0 atom stereocenters. The molecule has 2 amide bonds. The van der Waals surface area contributed by atoms with Crippen molar-refractivity contribution >= 4 is 44.7 Å². The van der Waals surface area contributed by atoms with Crippen molar-refractivity contribution in [2.24, 2.45) is 0 Å². The van der Waals surface area contributed by atoms with Crippen LogP contribution >= 0.6 is 11.3 Å². The first-order chi connectivity index (χ1) is 9.79. The number of nitrogens with two attached hydrogens (primary N) is 1. The minimum absolute atomic E-state index is 0.0948. The summed E-state index contributed by atoms with van der Waals surface area (Å²) in [5, 5.41) is 3.31. The lowest BCUT2D eigenvalue weighted by Gasteiger charge is -2.42. The third kappa shape index (κ3) is 2.13. The van der Waals surface area contributed by atoms with Crippen molar-refractivity contribution in [1.29, 1.82) is 0 Å². The maximum atomic E-state index is 12.1. The first-order valence-electron chi connectivity index (χ1n) is 6.57. The van der Waals surface area contributed by atoms with Crippen LogP contribution in [0.3, 0.4) is 0 Å². The van der Waals surface area contributed by atoms with Crippen LogP contribution in [0.1, 0.15) is 18.9 Å². The average Bonchev–Trinajstić information content (AvgIpc) is 2.72. The van der Waals surface area contributed by atoms with Crippen molar-refractivity contribution in [3.8, 4) is 0 Å². The quantitative estimate of drug-likeness (QED) is 0.614. The van der Waals surface area contributed by atoms with E-state index in [0.29, 0.717) is 11.4 Å². The maximum absolute atomic E-state index is 12.1. The van der Waals surface area contributed by atoms with Crippen molar-refractivity contribution in [2.75, 3.05) is 17.2 Å². The minimum Gasteiger partial charge on any atom is -0.397 e. The minimum atomic E-state index is -0.846. The number of nitrogen functional groups attached to an aromatic ring is 1. The molecule has 1 saturated heterocycles. The Hall–Kier alpha value is -2.15. The number of benzene rings is 1. The van der Waals surface area contributed by atoms with Gasteiger partial charge in [0.1, 0.15) is 5.54 Å². The van der Waals surface area contributed by atoms with Gasteiger partial charge in [0.15, 0.2) is 0 Å². The number of hydrogen-bond acceptors (Lipinski definition) is 6. The van der Waals surface area contributed by atoms with Gasteiger partial charge in [-0.25, -0.2) is 4.98 Å². The van der Waals surface area contributed by atoms with Gasteiger partial charge < -0.3 is 10.6 Å². The predicted octanol–water partition coefficient (Wildman–Crippen LogP) is 1.43. The molecule has 0 radical (unpaired) electrons. The van der Waals surface area contributed by atoms with Crippen molar-refractivity contribution in [3.63, 3.8) is 0 Å². The summed E-state index contributed by atoms with van der Waals surface area (Å²) in [5.74, 6) is -0.652. The van der Waals surface area contributed by atoms with E-state index in [1.807, 2.05) is 19.1 Å². The van der Waals surface area contributed by atoms with Crippen LogP contribution in [0, 0.1) is 6.92 Å². The van der Waals surface area contributed by atoms with E-state index in [1.165, 1.54) is 0 Å². The zero-order chi connectivity index (χ0) is 15.4. The summed E-state index contributed by atoms with van der Waals surface area (Å²) in [7, 11) is 0. The first kappa shape index (κ1) is 13.8. The summed E-state index contributed by atoms with van der Waals surface area (Å²) in [6, 6.07) is 3.70. The molecule has 1 fully saturated rings. The fraction of sp³-hybridized carbons (Fsp3) is 0.357. The van der Waals surface area contributed by atoms with Crippen LogP contribution in [-0.2, 0) is 9.59 Å². The van der Waals surface area contributed by atoms with Crippen LogP contribution in [0.2, 0.25) is 0 Å². The molecule has 0 saturated carbocycles. The molecule has 1 aliphatic heterocycles. The number of rotatable bonds is 1. The van der Waals surface area contributed by atoms with Crippen molar-refractivity contribution in [1.82, 2.24) is 10.3 Å². The van der Waals surface area contributed by atoms with Gasteiger partial charge in [0.25, 0.3) is 5.91 Å². The van der Waals surface area contributed by atoms with Gasteiger partial charge >= 0.3 is 0 Å². The van der Waals surface area contributed by atoms with E-state index in [0.717, 1.165) is 15.2 Å². The molecule has 0 aliphatic carbocycles. The molecule has 1 aromatic heterocycles. The van der Waals surface area contributed by atoms with Gasteiger partial charge in [0.2, 0.25) is 5.91 Å². The third-order valence-electron chi connectivity index (χ3n) is 3.72. The second-order valence-corrected chi connectivity index (χ2v) is 6.87. The van der Waals surface area contributed by atoms with Gasteiger partial charge in [-0.3, -0.25) is 14.9 Å². The van der Waals surface area contributed by atoms with E-state index < -0.39 is 5.54 Å². The highest BCUT2D eigenvalue weighted by atomic mass is 32.1. The normalized spacial score (nSPS) is 18.1. The summed E-state index contributed by atoms with van der Waals surface area (Å²) in [4.78, 5) is 29.9. The number of imide groups is 1. The Balaban J connectivity index is 2.15. The molecule has 1 aromatic carbocycles. The van der Waals surface area contributed by atoms with Crippen LogP contribution in [-0.4, -0.2) is 28.9 Å². The van der Waals surface area contributed by atoms with Crippen molar-refractivity contribution in [2.45, 2.75) is 26.3 Å². The number of aromatic nitrogens is 1. The van der Waals surface area contributed by atoms with Gasteiger partial charge in [-0.2, -0.15) is 0 Å². The molecular weight excluding hydrogens is 288 g/mol. The fourth-order valence-electron chi connectivity index (χ4n) is 2.50. The maximum Gasteiger partial charge on any atom is 0.251 e. The molecule has 2 aromatic rings. The molecule has 0 bridgehead atoms. The number of amides is 2. The summed E-state index contributed by atoms with van der Waals surface area (Å²) in [5.41, 5.74) is 7.33. The smallest absolute Gasteiger partial charge is 0.251 e. The van der Waals surface area contributed by atoms with E-state index >= 15 is 0 Å². The average molecular weight is 304 g/mol. The Morgan fingerprint density at radius 2 is 2.10 bits per heavy atom. The monoisotopic (exact) mass is 304 g/mol. The molecule has 3 N–H and O–H groups in total. The predicted molar refractivity (Wildman–Crippen MR) is 83.3 cm³/mol. The van der Waals surface area contributed by atoms with Crippen molar-refractivity contribution in [3.05, 3.63) is 17.1 Å².